The van der Waals surface area contributed by atoms with Gasteiger partial charge in [0.25, 0.3) is 36.5 Å². The maximum Gasteiger partial charge on any atom is 0.280 e. The van der Waals surface area contributed by atoms with E-state index in [9.17, 15) is 47.2 Å². The zero-order valence-corrected chi connectivity index (χ0v) is 46.3. The Morgan fingerprint density at radius 3 is 1.95 bits per heavy atom. The van der Waals surface area contributed by atoms with Crippen LogP contribution in [0.4, 0.5) is 39.0 Å². The number of hydrogen-bond acceptors (Lipinski definition) is 12. The van der Waals surface area contributed by atoms with E-state index >= 15 is 0 Å². The predicted octanol–water partition coefficient (Wildman–Crippen LogP) is 13.3. The van der Waals surface area contributed by atoms with Gasteiger partial charge in [-0.2, -0.15) is 5.26 Å². The van der Waals surface area contributed by atoms with Crippen molar-refractivity contribution < 1.29 is 61.4 Å². The fourth-order valence-corrected chi connectivity index (χ4v) is 12.6. The predicted molar refractivity (Wildman–Crippen MR) is 301 cm³/mol. The average molecular weight is 1250 g/mol. The van der Waals surface area contributed by atoms with E-state index < -0.39 is 70.4 Å². The van der Waals surface area contributed by atoms with Gasteiger partial charge in [-0.1, -0.05) is 59.1 Å². The Morgan fingerprint density at radius 2 is 1.27 bits per heavy atom. The summed E-state index contributed by atoms with van der Waals surface area (Å²) in [5.41, 5.74) is 1.70. The lowest BCUT2D eigenvalue weighted by molar-refractivity contribution is 0.146. The minimum atomic E-state index is -4.29. The minimum Gasteiger partial charge on any atom is -0.484 e. The molecule has 0 unspecified atom stereocenters. The number of nitrogens with one attached hydrogen (secondary N) is 6. The summed E-state index contributed by atoms with van der Waals surface area (Å²) in [6, 6.07) is 30.5. The molecule has 0 aliphatic carbocycles. The number of pyridine rings is 2. The molecule has 0 radical (unpaired) electrons. The second-order valence-corrected chi connectivity index (χ2v) is 23.8. The van der Waals surface area contributed by atoms with Crippen molar-refractivity contribution in [3.8, 4) is 23.3 Å². The molecule has 5 aromatic heterocycles. The normalized spacial score (nSPS) is 12.2. The number of nitrogens with zero attached hydrogens (tertiary/aromatic N) is 3. The quantitative estimate of drug-likeness (QED) is 0.0465. The largest absolute Gasteiger partial charge is 0.484 e. The number of rotatable bonds is 13. The molecular weight excluding hydrogens is 1220 g/mol. The van der Waals surface area contributed by atoms with E-state index in [1.54, 1.807) is 66.9 Å². The maximum absolute atomic E-state index is 14.1. The zero-order chi connectivity index (χ0) is 59.0. The fourth-order valence-electron chi connectivity index (χ4n) is 8.33. The molecule has 6 heterocycles. The van der Waals surface area contributed by atoms with Gasteiger partial charge in [-0.3, -0.25) is 19.2 Å². The Balaban J connectivity index is 0.000000140. The highest BCUT2D eigenvalue weighted by Crippen LogP contribution is 2.40. The van der Waals surface area contributed by atoms with Crippen molar-refractivity contribution in [3.63, 3.8) is 0 Å². The van der Waals surface area contributed by atoms with Crippen LogP contribution in [-0.4, -0.2) is 57.0 Å². The zero-order valence-electron chi connectivity index (χ0n) is 41.6. The molecule has 18 nitrogen and oxygen atoms in total. The van der Waals surface area contributed by atoms with Crippen molar-refractivity contribution in [2.24, 2.45) is 0 Å². The van der Waals surface area contributed by atoms with Gasteiger partial charge in [-0.15, -0.1) is 0 Å². The summed E-state index contributed by atoms with van der Waals surface area (Å²) in [6.45, 7) is 0.224. The van der Waals surface area contributed by atoms with Gasteiger partial charge in [-0.25, -0.2) is 52.2 Å². The molecule has 0 spiro atoms. The Morgan fingerprint density at radius 1 is 0.639 bits per heavy atom. The first-order valence-corrected chi connectivity index (χ1v) is 29.3. The summed E-state index contributed by atoms with van der Waals surface area (Å²) < 4.78 is 167. The lowest BCUT2D eigenvalue weighted by atomic mass is 10.1. The molecule has 11 aromatic rings. The highest BCUT2D eigenvalue weighted by atomic mass is 35.5. The Bertz CT molecular complexity index is 4730. The number of fused-ring (bicyclic) bond motifs is 6. The number of aromatic nitrogens is 5. The third kappa shape index (κ3) is 12.2. The molecule has 0 bridgehead atoms. The van der Waals surface area contributed by atoms with Crippen molar-refractivity contribution in [2.75, 3.05) is 21.0 Å². The molecule has 12 rings (SSSR count). The second kappa shape index (κ2) is 23.2. The van der Waals surface area contributed by atoms with Crippen molar-refractivity contribution >= 4 is 126 Å². The average Bonchev–Trinajstić information content (AvgIpc) is 3.43. The van der Waals surface area contributed by atoms with Crippen LogP contribution in [0.25, 0.3) is 43.6 Å². The molecule has 0 saturated carbocycles. The second-order valence-electron chi connectivity index (χ2n) is 17.6. The number of halogens is 8. The summed E-state index contributed by atoms with van der Waals surface area (Å²) in [5, 5.41) is 10.3. The van der Waals surface area contributed by atoms with Gasteiger partial charge < -0.3 is 29.2 Å². The van der Waals surface area contributed by atoms with Crippen molar-refractivity contribution in [1.29, 1.82) is 5.26 Å². The molecule has 0 amide bonds. The molecule has 424 valence electrons. The summed E-state index contributed by atoms with van der Waals surface area (Å²) in [7, 11) is -12.2. The van der Waals surface area contributed by atoms with Gasteiger partial charge >= 0.3 is 0 Å². The summed E-state index contributed by atoms with van der Waals surface area (Å²) in [6.07, 6.45) is 2.70. The SMILES string of the molecule is N#Cc1ccc(NS(=O)(=O)c2c[nH]c3cc4c(cc23)OCO4)cc1.O=S(=O)(Nc1cc(F)c(Cl)cc1F)c1c[nH]c2c(OCc3ccccn3)c(Cl)ccc12.O=S(=O)(Nc1ccc(Cl)cc1F)c1c[nH]c2c1ccc1ccc(C(F)F)nc12. The Kier molecular flexibility index (Phi) is 16.0. The van der Waals surface area contributed by atoms with Crippen LogP contribution in [0.3, 0.4) is 0 Å². The molecule has 1 aliphatic rings. The fraction of sp³-hybridized carbons (Fsp3) is 0.0556. The van der Waals surface area contributed by atoms with Crippen LogP contribution in [-0.2, 0) is 36.7 Å². The molecule has 29 heteroatoms. The van der Waals surface area contributed by atoms with Crippen molar-refractivity contribution in [3.05, 3.63) is 196 Å². The first-order valence-electron chi connectivity index (χ1n) is 23.7. The summed E-state index contributed by atoms with van der Waals surface area (Å²) >= 11 is 17.4. The van der Waals surface area contributed by atoms with E-state index in [4.69, 9.17) is 54.3 Å². The van der Waals surface area contributed by atoms with Gasteiger partial charge in [0.15, 0.2) is 17.2 Å². The molecule has 0 saturated heterocycles. The van der Waals surface area contributed by atoms with Crippen molar-refractivity contribution in [1.82, 2.24) is 24.9 Å². The summed E-state index contributed by atoms with van der Waals surface area (Å²) in [5.74, 6) is -1.49. The third-order valence-electron chi connectivity index (χ3n) is 12.2. The highest BCUT2D eigenvalue weighted by molar-refractivity contribution is 7.93. The first-order chi connectivity index (χ1) is 39.6. The van der Waals surface area contributed by atoms with Gasteiger partial charge in [-0.05, 0) is 84.9 Å². The van der Waals surface area contributed by atoms with Gasteiger partial charge in [0.05, 0.1) is 60.8 Å². The number of sulfonamides is 3. The smallest absolute Gasteiger partial charge is 0.280 e. The van der Waals surface area contributed by atoms with E-state index in [0.29, 0.717) is 62.4 Å². The van der Waals surface area contributed by atoms with Gasteiger partial charge in [0.2, 0.25) is 6.79 Å². The topological polar surface area (TPSA) is 263 Å². The number of benzene rings is 6. The standard InChI is InChI=1S/C20H13Cl2F2N3O3S.C18H11ClF3N3O2S.C16H11N3O4S/c21-13-5-4-12-18(31(28,29)27-17-8-15(23)14(22)7-16(17)24)9-26-19(12)20(13)30-10-11-3-1-2-6-25-11;19-10-3-6-13(12(20)7-10)25-28(26,27)15-8-23-17-11(15)4-1-9-2-5-14(18(21)22)24-16(9)17;17-7-10-1-3-11(4-2-10)19-24(20,21)16-8-18-13-6-15-14(5-12(13)16)22-9-23-15/h1-9,26-27H,10H2;1-8,18,23,25H;1-6,8,18-19H,9H2. The molecule has 1 aliphatic heterocycles. The van der Waals surface area contributed by atoms with Crippen LogP contribution < -0.4 is 28.4 Å². The van der Waals surface area contributed by atoms with E-state index in [2.05, 4.69) is 34.4 Å². The molecular formula is C54H35Cl3F5N9O9S3. The van der Waals surface area contributed by atoms with Crippen LogP contribution in [0.1, 0.15) is 23.4 Å². The monoisotopic (exact) mass is 1250 g/mol. The van der Waals surface area contributed by atoms with Crippen LogP contribution in [0.15, 0.2) is 161 Å². The van der Waals surface area contributed by atoms with E-state index in [-0.39, 0.29) is 71.4 Å². The third-order valence-corrected chi connectivity index (χ3v) is 17.3. The number of aromatic amines is 3. The van der Waals surface area contributed by atoms with Crippen LogP contribution in [0.2, 0.25) is 15.1 Å². The Labute approximate surface area is 481 Å². The van der Waals surface area contributed by atoms with E-state index in [1.807, 2.05) is 10.8 Å². The molecule has 6 aromatic carbocycles. The highest BCUT2D eigenvalue weighted by Gasteiger charge is 2.27. The van der Waals surface area contributed by atoms with Crippen LogP contribution >= 0.6 is 34.8 Å². The molecule has 6 N–H and O–H groups in total. The number of ether oxygens (including phenoxy) is 3. The molecule has 0 fully saturated rings. The molecule has 83 heavy (non-hydrogen) atoms. The summed E-state index contributed by atoms with van der Waals surface area (Å²) in [4.78, 5) is 16.4. The number of anilines is 3. The lowest BCUT2D eigenvalue weighted by Crippen LogP contribution is -2.14. The Hall–Kier alpha value is -8.84. The van der Waals surface area contributed by atoms with E-state index in [1.165, 1.54) is 61.1 Å². The number of nitriles is 1. The maximum atomic E-state index is 14.1. The molecule has 0 atom stereocenters. The number of H-pyrrole nitrogens is 3. The van der Waals surface area contributed by atoms with E-state index in [0.717, 1.165) is 6.07 Å². The van der Waals surface area contributed by atoms with Gasteiger partial charge in [0, 0.05) is 69.2 Å². The number of alkyl halides is 2. The van der Waals surface area contributed by atoms with Gasteiger partial charge in [0.1, 0.15) is 44.4 Å². The van der Waals surface area contributed by atoms with Crippen molar-refractivity contribution in [2.45, 2.75) is 27.7 Å². The van der Waals surface area contributed by atoms with Crippen LogP contribution in [0, 0.1) is 28.8 Å². The van der Waals surface area contributed by atoms with Crippen LogP contribution in [0.5, 0.6) is 17.2 Å². The first kappa shape index (κ1) is 57.4. The number of hydrogen-bond donors (Lipinski definition) is 6. The minimum absolute atomic E-state index is 0.105. The lowest BCUT2D eigenvalue weighted by Gasteiger charge is -2.11.